The number of hydrogen-bond donors (Lipinski definition) is 0. The van der Waals surface area contributed by atoms with Gasteiger partial charge < -0.3 is 9.64 Å². The molecule has 2 aromatic rings. The molecule has 0 atom stereocenters. The minimum atomic E-state index is 0.105. The van der Waals surface area contributed by atoms with E-state index in [0.29, 0.717) is 13.1 Å². The molecule has 0 aliphatic heterocycles. The normalized spacial score (nSPS) is 10.7. The van der Waals surface area contributed by atoms with Gasteiger partial charge in [-0.25, -0.2) is 0 Å². The van der Waals surface area contributed by atoms with E-state index < -0.39 is 0 Å². The van der Waals surface area contributed by atoms with Crippen LogP contribution in [0, 0.1) is 6.92 Å². The number of carbonyl (C=O) groups is 1. The molecular weight excluding hydrogens is 300 g/mol. The third-order valence-corrected chi connectivity index (χ3v) is 4.09. The molecule has 128 valence electrons. The zero-order valence-corrected chi connectivity index (χ0v) is 15.0. The van der Waals surface area contributed by atoms with E-state index in [1.165, 1.54) is 11.1 Å². The largest absolute Gasteiger partial charge is 0.497 e. The van der Waals surface area contributed by atoms with Crippen LogP contribution in [0.4, 0.5) is 0 Å². The number of aryl methyl sites for hydroxylation is 1. The molecule has 0 bridgehead atoms. The Bertz CT molecular complexity index is 685. The molecule has 0 fully saturated rings. The average Bonchev–Trinajstić information content (AvgIpc) is 2.57. The first-order chi connectivity index (χ1) is 11.5. The maximum atomic E-state index is 12.4. The van der Waals surface area contributed by atoms with Gasteiger partial charge in [-0.3, -0.25) is 9.69 Å². The van der Waals surface area contributed by atoms with Crippen molar-refractivity contribution in [2.24, 2.45) is 0 Å². The quantitative estimate of drug-likeness (QED) is 0.784. The molecule has 0 unspecified atom stereocenters. The van der Waals surface area contributed by atoms with E-state index in [0.717, 1.165) is 17.9 Å². The van der Waals surface area contributed by atoms with Crippen LogP contribution in [0.5, 0.6) is 5.75 Å². The molecule has 1 amide bonds. The van der Waals surface area contributed by atoms with Crippen molar-refractivity contribution in [2.75, 3.05) is 27.7 Å². The van der Waals surface area contributed by atoms with Crippen molar-refractivity contribution >= 4 is 5.91 Å². The standard InChI is InChI=1S/C20H26N2O2/c1-16-8-5-6-10-18(16)14-21(2)15-20(23)22(3)13-17-9-7-11-19(12-17)24-4/h5-12H,13-15H2,1-4H3. The fourth-order valence-corrected chi connectivity index (χ4v) is 2.62. The maximum Gasteiger partial charge on any atom is 0.236 e. The summed E-state index contributed by atoms with van der Waals surface area (Å²) in [5.74, 6) is 0.916. The molecule has 0 aliphatic rings. The first kappa shape index (κ1) is 18.0. The number of carbonyl (C=O) groups excluding carboxylic acids is 1. The lowest BCUT2D eigenvalue weighted by Gasteiger charge is -2.22. The molecule has 24 heavy (non-hydrogen) atoms. The number of methoxy groups -OCH3 is 1. The molecule has 0 spiro atoms. The van der Waals surface area contributed by atoms with Gasteiger partial charge in [0.1, 0.15) is 5.75 Å². The zero-order chi connectivity index (χ0) is 17.5. The van der Waals surface area contributed by atoms with Crippen LogP contribution in [0.3, 0.4) is 0 Å². The summed E-state index contributed by atoms with van der Waals surface area (Å²) in [5, 5.41) is 0. The summed E-state index contributed by atoms with van der Waals surface area (Å²) in [6, 6.07) is 16.1. The second kappa shape index (κ2) is 8.50. The molecule has 0 N–H and O–H groups in total. The van der Waals surface area contributed by atoms with Gasteiger partial charge in [0.2, 0.25) is 5.91 Å². The van der Waals surface area contributed by atoms with E-state index in [4.69, 9.17) is 4.74 Å². The first-order valence-corrected chi connectivity index (χ1v) is 8.09. The van der Waals surface area contributed by atoms with Crippen molar-refractivity contribution in [1.82, 2.24) is 9.80 Å². The third-order valence-electron chi connectivity index (χ3n) is 4.09. The predicted molar refractivity (Wildman–Crippen MR) is 97.0 cm³/mol. The molecule has 4 heteroatoms. The Morgan fingerprint density at radius 2 is 1.79 bits per heavy atom. The summed E-state index contributed by atoms with van der Waals surface area (Å²) >= 11 is 0. The van der Waals surface area contributed by atoms with Crippen LogP contribution in [0.25, 0.3) is 0 Å². The summed E-state index contributed by atoms with van der Waals surface area (Å²) in [6.07, 6.45) is 0. The van der Waals surface area contributed by atoms with Gasteiger partial charge in [-0.05, 0) is 42.8 Å². The summed E-state index contributed by atoms with van der Waals surface area (Å²) in [6.45, 7) is 3.84. The van der Waals surface area contributed by atoms with E-state index >= 15 is 0 Å². The lowest BCUT2D eigenvalue weighted by Crippen LogP contribution is -2.36. The lowest BCUT2D eigenvalue weighted by atomic mass is 10.1. The molecule has 0 aromatic heterocycles. The van der Waals surface area contributed by atoms with Gasteiger partial charge in [0.25, 0.3) is 0 Å². The Kier molecular flexibility index (Phi) is 6.38. The summed E-state index contributed by atoms with van der Waals surface area (Å²) in [4.78, 5) is 16.2. The highest BCUT2D eigenvalue weighted by molar-refractivity contribution is 5.78. The van der Waals surface area contributed by atoms with Crippen LogP contribution in [-0.4, -0.2) is 43.5 Å². The average molecular weight is 326 g/mol. The lowest BCUT2D eigenvalue weighted by molar-refractivity contribution is -0.131. The van der Waals surface area contributed by atoms with E-state index in [-0.39, 0.29) is 5.91 Å². The Hall–Kier alpha value is -2.33. The van der Waals surface area contributed by atoms with E-state index in [9.17, 15) is 4.79 Å². The molecule has 0 heterocycles. The number of hydrogen-bond acceptors (Lipinski definition) is 3. The molecule has 2 rings (SSSR count). The molecule has 4 nitrogen and oxygen atoms in total. The molecule has 2 aromatic carbocycles. The van der Waals surface area contributed by atoms with Gasteiger partial charge in [0.05, 0.1) is 13.7 Å². The molecule has 0 aliphatic carbocycles. The van der Waals surface area contributed by atoms with E-state index in [1.807, 2.05) is 55.4 Å². The SMILES string of the molecule is COc1cccc(CN(C)C(=O)CN(C)Cc2ccccc2C)c1. The topological polar surface area (TPSA) is 32.8 Å². The van der Waals surface area contributed by atoms with Gasteiger partial charge in [-0.15, -0.1) is 0 Å². The smallest absolute Gasteiger partial charge is 0.236 e. The zero-order valence-electron chi connectivity index (χ0n) is 15.0. The molecule has 0 saturated heterocycles. The molecule has 0 saturated carbocycles. The van der Waals surface area contributed by atoms with Gasteiger partial charge in [-0.1, -0.05) is 36.4 Å². The molecule has 0 radical (unpaired) electrons. The minimum absolute atomic E-state index is 0.105. The van der Waals surface area contributed by atoms with Gasteiger partial charge in [0.15, 0.2) is 0 Å². The van der Waals surface area contributed by atoms with Crippen molar-refractivity contribution in [2.45, 2.75) is 20.0 Å². The van der Waals surface area contributed by atoms with Crippen LogP contribution in [0.15, 0.2) is 48.5 Å². The number of benzene rings is 2. The summed E-state index contributed by atoms with van der Waals surface area (Å²) in [7, 11) is 5.46. The van der Waals surface area contributed by atoms with Crippen molar-refractivity contribution in [3.05, 3.63) is 65.2 Å². The first-order valence-electron chi connectivity index (χ1n) is 8.09. The number of nitrogens with zero attached hydrogens (tertiary/aromatic N) is 2. The third kappa shape index (κ3) is 5.10. The monoisotopic (exact) mass is 326 g/mol. The van der Waals surface area contributed by atoms with Crippen LogP contribution >= 0.6 is 0 Å². The highest BCUT2D eigenvalue weighted by atomic mass is 16.5. The van der Waals surface area contributed by atoms with Crippen LogP contribution in [-0.2, 0) is 17.9 Å². The van der Waals surface area contributed by atoms with Gasteiger partial charge in [0, 0.05) is 20.1 Å². The highest BCUT2D eigenvalue weighted by Gasteiger charge is 2.13. The van der Waals surface area contributed by atoms with Gasteiger partial charge >= 0.3 is 0 Å². The fraction of sp³-hybridized carbons (Fsp3) is 0.350. The van der Waals surface area contributed by atoms with Crippen molar-refractivity contribution in [3.63, 3.8) is 0 Å². The Morgan fingerprint density at radius 1 is 1.04 bits per heavy atom. The maximum absolute atomic E-state index is 12.4. The van der Waals surface area contributed by atoms with Crippen molar-refractivity contribution < 1.29 is 9.53 Å². The number of rotatable bonds is 7. The van der Waals surface area contributed by atoms with E-state index in [2.05, 4.69) is 19.1 Å². The number of amides is 1. The summed E-state index contributed by atoms with van der Waals surface area (Å²) in [5.41, 5.74) is 3.57. The fourth-order valence-electron chi connectivity index (χ4n) is 2.62. The highest BCUT2D eigenvalue weighted by Crippen LogP contribution is 2.14. The van der Waals surface area contributed by atoms with Crippen LogP contribution in [0.1, 0.15) is 16.7 Å². The minimum Gasteiger partial charge on any atom is -0.497 e. The Labute approximate surface area is 144 Å². The number of ether oxygens (including phenoxy) is 1. The molecular formula is C20H26N2O2. The van der Waals surface area contributed by atoms with Gasteiger partial charge in [-0.2, -0.15) is 0 Å². The second-order valence-electron chi connectivity index (χ2n) is 6.20. The van der Waals surface area contributed by atoms with Crippen LogP contribution < -0.4 is 4.74 Å². The summed E-state index contributed by atoms with van der Waals surface area (Å²) < 4.78 is 5.23. The number of likely N-dealkylation sites (N-methyl/N-ethyl adjacent to an activating group) is 2. The van der Waals surface area contributed by atoms with Crippen LogP contribution in [0.2, 0.25) is 0 Å². The van der Waals surface area contributed by atoms with Crippen molar-refractivity contribution in [1.29, 1.82) is 0 Å². The Morgan fingerprint density at radius 3 is 2.50 bits per heavy atom. The van der Waals surface area contributed by atoms with E-state index in [1.54, 1.807) is 12.0 Å². The predicted octanol–water partition coefficient (Wildman–Crippen LogP) is 3.09. The Balaban J connectivity index is 1.89. The van der Waals surface area contributed by atoms with Crippen molar-refractivity contribution in [3.8, 4) is 5.75 Å². The second-order valence-corrected chi connectivity index (χ2v) is 6.20.